The molecule has 1 saturated heterocycles. The van der Waals surface area contributed by atoms with E-state index >= 15 is 0 Å². The smallest absolute Gasteiger partial charge is 0.140 e. The first-order chi connectivity index (χ1) is 19.8. The van der Waals surface area contributed by atoms with E-state index in [9.17, 15) is 9.50 Å². The minimum Gasteiger partial charge on any atom is -0.387 e. The first-order valence-electron chi connectivity index (χ1n) is 13.7. The maximum absolute atomic E-state index is 13.8. The lowest BCUT2D eigenvalue weighted by Crippen LogP contribution is -2.47. The summed E-state index contributed by atoms with van der Waals surface area (Å²) in [4.78, 5) is 18.2. The van der Waals surface area contributed by atoms with Crippen molar-refractivity contribution in [3.8, 4) is 11.3 Å². The second-order valence-corrected chi connectivity index (χ2v) is 11.0. The average molecular weight is 556 g/mol. The number of hydrogen-bond donors (Lipinski definition) is 2. The molecule has 1 fully saturated rings. The highest BCUT2D eigenvalue weighted by atomic mass is 19.1. The summed E-state index contributed by atoms with van der Waals surface area (Å²) in [6.07, 6.45) is 8.37. The van der Waals surface area contributed by atoms with Crippen molar-refractivity contribution in [3.63, 3.8) is 0 Å². The summed E-state index contributed by atoms with van der Waals surface area (Å²) < 4.78 is 20.9. The number of benzene rings is 1. The van der Waals surface area contributed by atoms with Gasteiger partial charge < -0.3 is 25.0 Å². The van der Waals surface area contributed by atoms with Crippen molar-refractivity contribution >= 4 is 33.6 Å². The zero-order valence-electron chi connectivity index (χ0n) is 23.5. The van der Waals surface area contributed by atoms with Crippen LogP contribution in [0.25, 0.3) is 27.7 Å². The van der Waals surface area contributed by atoms with Gasteiger partial charge in [0.2, 0.25) is 0 Å². The second-order valence-electron chi connectivity index (χ2n) is 11.0. The Morgan fingerprint density at radius 3 is 2.68 bits per heavy atom. The molecule has 0 amide bonds. The maximum Gasteiger partial charge on any atom is 0.140 e. The number of rotatable bonds is 8. The molecule has 5 heterocycles. The molecule has 1 aliphatic heterocycles. The van der Waals surface area contributed by atoms with E-state index in [-0.39, 0.29) is 5.82 Å². The molecule has 2 N–H and O–H groups in total. The van der Waals surface area contributed by atoms with Gasteiger partial charge in [0.25, 0.3) is 0 Å². The minimum absolute atomic E-state index is 0.316. The fourth-order valence-corrected chi connectivity index (χ4v) is 5.66. The van der Waals surface area contributed by atoms with Crippen molar-refractivity contribution in [1.82, 2.24) is 24.3 Å². The molecule has 10 heteroatoms. The molecular weight excluding hydrogens is 521 g/mol. The van der Waals surface area contributed by atoms with Crippen molar-refractivity contribution in [3.05, 3.63) is 78.8 Å². The summed E-state index contributed by atoms with van der Waals surface area (Å²) >= 11 is 0. The van der Waals surface area contributed by atoms with Crippen molar-refractivity contribution in [2.45, 2.75) is 25.0 Å². The van der Waals surface area contributed by atoms with E-state index in [0.29, 0.717) is 31.6 Å². The Kier molecular flexibility index (Phi) is 7.29. The predicted octanol–water partition coefficient (Wildman–Crippen LogP) is 4.87. The van der Waals surface area contributed by atoms with Gasteiger partial charge in [-0.15, -0.1) is 0 Å². The van der Waals surface area contributed by atoms with Gasteiger partial charge in [-0.3, -0.25) is 9.38 Å². The van der Waals surface area contributed by atoms with Gasteiger partial charge in [-0.05, 0) is 62.7 Å². The van der Waals surface area contributed by atoms with Crippen LogP contribution >= 0.6 is 0 Å². The first kappa shape index (κ1) is 27.1. The Balaban J connectivity index is 1.32. The molecular formula is C31H34FN7O2. The Labute approximate surface area is 238 Å². The van der Waals surface area contributed by atoms with Crippen LogP contribution < -0.4 is 10.2 Å². The molecule has 4 aromatic heterocycles. The van der Waals surface area contributed by atoms with E-state index in [1.807, 2.05) is 49.0 Å². The third-order valence-electron chi connectivity index (χ3n) is 7.70. The van der Waals surface area contributed by atoms with Gasteiger partial charge in [0, 0.05) is 68.0 Å². The number of nitrogens with one attached hydrogen (secondary N) is 1. The van der Waals surface area contributed by atoms with Gasteiger partial charge in [-0.1, -0.05) is 6.07 Å². The number of ether oxygens (including phenoxy) is 1. The van der Waals surface area contributed by atoms with Crippen molar-refractivity contribution in [2.75, 3.05) is 51.1 Å². The summed E-state index contributed by atoms with van der Waals surface area (Å²) in [5.41, 5.74) is 4.56. The average Bonchev–Trinajstić information content (AvgIpc) is 3.36. The number of nitrogens with zero attached hydrogens (tertiary/aromatic N) is 6. The number of piperidine rings is 1. The van der Waals surface area contributed by atoms with Crippen LogP contribution in [-0.4, -0.2) is 75.9 Å². The molecule has 1 aliphatic rings. The van der Waals surface area contributed by atoms with Gasteiger partial charge in [0.05, 0.1) is 35.5 Å². The molecule has 0 radical (unpaired) electrons. The Morgan fingerprint density at radius 1 is 1.07 bits per heavy atom. The highest BCUT2D eigenvalue weighted by Gasteiger charge is 2.33. The van der Waals surface area contributed by atoms with Crippen LogP contribution in [-0.2, 0) is 11.3 Å². The number of imidazole rings is 1. The third kappa shape index (κ3) is 5.46. The maximum atomic E-state index is 13.8. The molecule has 0 saturated carbocycles. The van der Waals surface area contributed by atoms with Crippen LogP contribution in [0.1, 0.15) is 18.5 Å². The molecule has 212 valence electrons. The minimum atomic E-state index is -0.775. The van der Waals surface area contributed by atoms with E-state index in [4.69, 9.17) is 9.72 Å². The molecule has 0 bridgehead atoms. The Hall–Kier alpha value is -4.12. The van der Waals surface area contributed by atoms with Crippen molar-refractivity contribution in [1.29, 1.82) is 0 Å². The zero-order chi connectivity index (χ0) is 28.6. The highest BCUT2D eigenvalue weighted by Crippen LogP contribution is 2.35. The quantitative estimate of drug-likeness (QED) is 0.280. The van der Waals surface area contributed by atoms with E-state index in [2.05, 4.69) is 31.2 Å². The number of methoxy groups -OCH3 is 1. The van der Waals surface area contributed by atoms with Crippen LogP contribution in [0.2, 0.25) is 0 Å². The number of aliphatic hydroxyl groups is 1. The van der Waals surface area contributed by atoms with E-state index in [1.165, 1.54) is 12.1 Å². The molecule has 0 atom stereocenters. The van der Waals surface area contributed by atoms with Crippen LogP contribution in [0.5, 0.6) is 0 Å². The molecule has 5 aromatic rings. The van der Waals surface area contributed by atoms with Crippen LogP contribution in [0.15, 0.2) is 67.3 Å². The summed E-state index contributed by atoms with van der Waals surface area (Å²) in [6, 6.07) is 13.0. The molecule has 41 heavy (non-hydrogen) atoms. The second kappa shape index (κ2) is 11.0. The summed E-state index contributed by atoms with van der Waals surface area (Å²) in [6.45, 7) is 2.51. The lowest BCUT2D eigenvalue weighted by molar-refractivity contribution is -0.0472. The first-order valence-corrected chi connectivity index (χ1v) is 13.7. The number of fused-ring (bicyclic) bond motifs is 2. The van der Waals surface area contributed by atoms with E-state index in [0.717, 1.165) is 58.0 Å². The summed E-state index contributed by atoms with van der Waals surface area (Å²) in [5.74, 6) is 0.421. The third-order valence-corrected chi connectivity index (χ3v) is 7.70. The SMILES string of the molecule is COCC1(O)CCN(c2ccc(Nc3ccc(-c4cnc5cc(F)ccn45)c4ccncc34)nc2CN(C)C)CC1. The standard InChI is InChI=1S/C31H34FN7O2/c1-37(2)19-26-27(38-14-10-31(40,11-15-38)20-41-3)6-7-29(36-26)35-25-5-4-23(22-8-12-33-17-24(22)25)28-18-34-30-16-21(32)9-13-39(28)30/h4-9,12-13,16-18,40H,10-11,14-15,19-20H2,1-3H3,(H,35,36). The number of anilines is 3. The molecule has 6 rings (SSSR count). The fourth-order valence-electron chi connectivity index (χ4n) is 5.66. The zero-order valence-corrected chi connectivity index (χ0v) is 23.5. The largest absolute Gasteiger partial charge is 0.387 e. The topological polar surface area (TPSA) is 91.0 Å². The highest BCUT2D eigenvalue weighted by molar-refractivity contribution is 6.03. The van der Waals surface area contributed by atoms with Crippen molar-refractivity contribution in [2.24, 2.45) is 0 Å². The van der Waals surface area contributed by atoms with Gasteiger partial charge in [-0.25, -0.2) is 14.4 Å². The molecule has 0 unspecified atom stereocenters. The number of halogens is 1. The number of aromatic nitrogens is 4. The Morgan fingerprint density at radius 2 is 1.90 bits per heavy atom. The Bertz CT molecular complexity index is 1700. The normalized spacial score (nSPS) is 15.2. The van der Waals surface area contributed by atoms with Crippen LogP contribution in [0.3, 0.4) is 0 Å². The number of pyridine rings is 3. The lowest BCUT2D eigenvalue weighted by Gasteiger charge is -2.39. The van der Waals surface area contributed by atoms with E-state index < -0.39 is 5.60 Å². The van der Waals surface area contributed by atoms with Gasteiger partial charge in [0.15, 0.2) is 0 Å². The molecule has 0 spiro atoms. The molecule has 1 aromatic carbocycles. The predicted molar refractivity (Wildman–Crippen MR) is 159 cm³/mol. The van der Waals surface area contributed by atoms with Gasteiger partial charge in [0.1, 0.15) is 17.3 Å². The van der Waals surface area contributed by atoms with Gasteiger partial charge >= 0.3 is 0 Å². The summed E-state index contributed by atoms with van der Waals surface area (Å²) in [5, 5.41) is 16.2. The number of hydrogen-bond acceptors (Lipinski definition) is 8. The van der Waals surface area contributed by atoms with Crippen molar-refractivity contribution < 1.29 is 14.2 Å². The molecule has 0 aliphatic carbocycles. The summed E-state index contributed by atoms with van der Waals surface area (Å²) in [7, 11) is 5.70. The monoisotopic (exact) mass is 555 g/mol. The fraction of sp³-hybridized carbons (Fsp3) is 0.323. The lowest BCUT2D eigenvalue weighted by atomic mass is 9.92. The van der Waals surface area contributed by atoms with Crippen LogP contribution in [0, 0.1) is 5.82 Å². The molecule has 9 nitrogen and oxygen atoms in total. The van der Waals surface area contributed by atoms with E-state index in [1.54, 1.807) is 25.7 Å². The van der Waals surface area contributed by atoms with Gasteiger partial charge in [-0.2, -0.15) is 0 Å². The van der Waals surface area contributed by atoms with Crippen LogP contribution in [0.4, 0.5) is 21.6 Å².